The lowest BCUT2D eigenvalue weighted by Gasteiger charge is -2.35. The lowest BCUT2D eigenvalue weighted by atomic mass is 9.97. The standard InChI is InChI=1S/C17H22N4/c18-17-15-5-7-19-11-12(15)3-4-16(17)20-13-6-9-21-8-1-2-14(21)10-13/h3-5,7,11,13-14,20H,1-2,6,8-10,18H2. The molecule has 0 spiro atoms. The van der Waals surface area contributed by atoms with Crippen molar-refractivity contribution in [2.75, 3.05) is 24.1 Å². The molecule has 0 aliphatic carbocycles. The van der Waals surface area contributed by atoms with Gasteiger partial charge in [0.2, 0.25) is 0 Å². The molecule has 2 unspecified atom stereocenters. The van der Waals surface area contributed by atoms with Crippen molar-refractivity contribution < 1.29 is 0 Å². The highest BCUT2D eigenvalue weighted by molar-refractivity contribution is 5.98. The predicted molar refractivity (Wildman–Crippen MR) is 87.4 cm³/mol. The minimum absolute atomic E-state index is 0.547. The molecule has 110 valence electrons. The number of aromatic nitrogens is 1. The normalized spacial score (nSPS) is 25.9. The summed E-state index contributed by atoms with van der Waals surface area (Å²) in [6.07, 6.45) is 8.85. The molecule has 0 amide bonds. The smallest absolute Gasteiger partial charge is 0.0630 e. The Kier molecular flexibility index (Phi) is 3.19. The van der Waals surface area contributed by atoms with Crippen LogP contribution in [-0.4, -0.2) is 35.1 Å². The van der Waals surface area contributed by atoms with Crippen LogP contribution in [0.2, 0.25) is 0 Å². The van der Waals surface area contributed by atoms with E-state index >= 15 is 0 Å². The van der Waals surface area contributed by atoms with Crippen LogP contribution >= 0.6 is 0 Å². The molecule has 1 aromatic carbocycles. The van der Waals surface area contributed by atoms with Crippen molar-refractivity contribution in [2.45, 2.75) is 37.8 Å². The van der Waals surface area contributed by atoms with Crippen LogP contribution in [0.1, 0.15) is 25.7 Å². The van der Waals surface area contributed by atoms with Crippen LogP contribution in [0.3, 0.4) is 0 Å². The summed E-state index contributed by atoms with van der Waals surface area (Å²) in [5.41, 5.74) is 8.27. The molecule has 0 radical (unpaired) electrons. The third-order valence-electron chi connectivity index (χ3n) is 5.04. The zero-order valence-corrected chi connectivity index (χ0v) is 12.3. The van der Waals surface area contributed by atoms with E-state index in [1.165, 1.54) is 38.8 Å². The Morgan fingerprint density at radius 1 is 1.19 bits per heavy atom. The van der Waals surface area contributed by atoms with Crippen LogP contribution in [0, 0.1) is 0 Å². The van der Waals surface area contributed by atoms with E-state index in [-0.39, 0.29) is 0 Å². The number of hydrogen-bond acceptors (Lipinski definition) is 4. The first kappa shape index (κ1) is 12.9. The number of rotatable bonds is 2. The minimum Gasteiger partial charge on any atom is -0.397 e. The van der Waals surface area contributed by atoms with Crippen LogP contribution in [0.4, 0.5) is 11.4 Å². The number of nitrogens with zero attached hydrogens (tertiary/aromatic N) is 2. The van der Waals surface area contributed by atoms with Gasteiger partial charge in [-0.05, 0) is 44.4 Å². The van der Waals surface area contributed by atoms with Crippen LogP contribution in [0.25, 0.3) is 10.8 Å². The van der Waals surface area contributed by atoms with Gasteiger partial charge in [0, 0.05) is 41.8 Å². The number of hydrogen-bond donors (Lipinski definition) is 2. The van der Waals surface area contributed by atoms with Crippen LogP contribution in [-0.2, 0) is 0 Å². The fraction of sp³-hybridized carbons (Fsp3) is 0.471. The van der Waals surface area contributed by atoms with Gasteiger partial charge in [-0.2, -0.15) is 0 Å². The van der Waals surface area contributed by atoms with E-state index in [9.17, 15) is 0 Å². The van der Waals surface area contributed by atoms with Gasteiger partial charge < -0.3 is 16.0 Å². The van der Waals surface area contributed by atoms with Gasteiger partial charge in [-0.3, -0.25) is 4.98 Å². The minimum atomic E-state index is 0.547. The van der Waals surface area contributed by atoms with Crippen molar-refractivity contribution in [3.8, 4) is 0 Å². The molecule has 3 heterocycles. The molecule has 2 atom stereocenters. The maximum Gasteiger partial charge on any atom is 0.0630 e. The molecule has 2 saturated heterocycles. The summed E-state index contributed by atoms with van der Waals surface area (Å²) in [7, 11) is 0. The largest absolute Gasteiger partial charge is 0.397 e. The van der Waals surface area contributed by atoms with Gasteiger partial charge in [-0.25, -0.2) is 0 Å². The fourth-order valence-electron chi connectivity index (χ4n) is 3.89. The van der Waals surface area contributed by atoms with Gasteiger partial charge in [-0.1, -0.05) is 6.07 Å². The number of anilines is 2. The van der Waals surface area contributed by atoms with Crippen LogP contribution in [0.15, 0.2) is 30.6 Å². The highest BCUT2D eigenvalue weighted by atomic mass is 15.2. The lowest BCUT2D eigenvalue weighted by Crippen LogP contribution is -2.42. The van der Waals surface area contributed by atoms with Gasteiger partial charge in [0.25, 0.3) is 0 Å². The third-order valence-corrected chi connectivity index (χ3v) is 5.04. The van der Waals surface area contributed by atoms with Crippen molar-refractivity contribution >= 4 is 22.1 Å². The number of fused-ring (bicyclic) bond motifs is 2. The Labute approximate surface area is 125 Å². The maximum absolute atomic E-state index is 6.34. The Bertz CT molecular complexity index is 654. The molecule has 4 heteroatoms. The van der Waals surface area contributed by atoms with E-state index in [0.29, 0.717) is 6.04 Å². The topological polar surface area (TPSA) is 54.2 Å². The number of piperidine rings is 1. The molecule has 2 aliphatic rings. The first-order valence-corrected chi connectivity index (χ1v) is 7.94. The van der Waals surface area contributed by atoms with Crippen molar-refractivity contribution in [3.63, 3.8) is 0 Å². The summed E-state index contributed by atoms with van der Waals surface area (Å²) in [5.74, 6) is 0. The summed E-state index contributed by atoms with van der Waals surface area (Å²) < 4.78 is 0. The first-order valence-electron chi connectivity index (χ1n) is 7.94. The second-order valence-electron chi connectivity index (χ2n) is 6.32. The second kappa shape index (κ2) is 5.19. The zero-order chi connectivity index (χ0) is 14.2. The number of nitrogens with two attached hydrogens (primary N) is 1. The van der Waals surface area contributed by atoms with Crippen molar-refractivity contribution in [1.82, 2.24) is 9.88 Å². The molecule has 2 aromatic rings. The average Bonchev–Trinajstić information content (AvgIpc) is 2.98. The summed E-state index contributed by atoms with van der Waals surface area (Å²) in [6.45, 7) is 2.52. The zero-order valence-electron chi connectivity index (χ0n) is 12.3. The van der Waals surface area contributed by atoms with Crippen molar-refractivity contribution in [3.05, 3.63) is 30.6 Å². The van der Waals surface area contributed by atoms with E-state index in [4.69, 9.17) is 5.73 Å². The van der Waals surface area contributed by atoms with Gasteiger partial charge in [0.05, 0.1) is 11.4 Å². The van der Waals surface area contributed by atoms with E-state index in [1.807, 2.05) is 12.3 Å². The highest BCUT2D eigenvalue weighted by Crippen LogP contribution is 2.32. The van der Waals surface area contributed by atoms with E-state index in [0.717, 1.165) is 28.2 Å². The van der Waals surface area contributed by atoms with Crippen LogP contribution < -0.4 is 11.1 Å². The maximum atomic E-state index is 6.34. The van der Waals surface area contributed by atoms with Gasteiger partial charge in [0.1, 0.15) is 0 Å². The second-order valence-corrected chi connectivity index (χ2v) is 6.32. The molecule has 2 aliphatic heterocycles. The Morgan fingerprint density at radius 2 is 2.14 bits per heavy atom. The quantitative estimate of drug-likeness (QED) is 0.832. The summed E-state index contributed by atoms with van der Waals surface area (Å²) in [5, 5.41) is 5.88. The summed E-state index contributed by atoms with van der Waals surface area (Å²) >= 11 is 0. The first-order chi connectivity index (χ1) is 10.3. The van der Waals surface area contributed by atoms with Gasteiger partial charge in [0.15, 0.2) is 0 Å². The fourth-order valence-corrected chi connectivity index (χ4v) is 3.89. The predicted octanol–water partition coefficient (Wildman–Crippen LogP) is 2.86. The number of nitrogen functional groups attached to an aromatic ring is 1. The number of pyridine rings is 1. The molecule has 2 fully saturated rings. The Morgan fingerprint density at radius 3 is 3.10 bits per heavy atom. The monoisotopic (exact) mass is 282 g/mol. The van der Waals surface area contributed by atoms with Gasteiger partial charge >= 0.3 is 0 Å². The Hall–Kier alpha value is -1.81. The molecular weight excluding hydrogens is 260 g/mol. The van der Waals surface area contributed by atoms with Crippen molar-refractivity contribution in [2.24, 2.45) is 0 Å². The molecule has 0 saturated carbocycles. The van der Waals surface area contributed by atoms with E-state index in [2.05, 4.69) is 27.3 Å². The molecular formula is C17H22N4. The Balaban J connectivity index is 1.55. The third kappa shape index (κ3) is 2.33. The molecule has 21 heavy (non-hydrogen) atoms. The molecule has 1 aromatic heterocycles. The van der Waals surface area contributed by atoms with Gasteiger partial charge in [-0.15, -0.1) is 0 Å². The average molecular weight is 282 g/mol. The molecule has 3 N–H and O–H groups in total. The molecule has 0 bridgehead atoms. The van der Waals surface area contributed by atoms with Crippen molar-refractivity contribution in [1.29, 1.82) is 0 Å². The highest BCUT2D eigenvalue weighted by Gasteiger charge is 2.31. The number of benzene rings is 1. The summed E-state index contributed by atoms with van der Waals surface area (Å²) in [4.78, 5) is 6.80. The summed E-state index contributed by atoms with van der Waals surface area (Å²) in [6, 6.07) is 7.52. The van der Waals surface area contributed by atoms with E-state index < -0.39 is 0 Å². The van der Waals surface area contributed by atoms with E-state index in [1.54, 1.807) is 6.20 Å². The molecule has 4 rings (SSSR count). The SMILES string of the molecule is Nc1c(NC2CCN3CCCC3C2)ccc2cnccc12. The number of nitrogens with one attached hydrogen (secondary N) is 1. The lowest BCUT2D eigenvalue weighted by molar-refractivity contribution is 0.188. The molecule has 4 nitrogen and oxygen atoms in total. The van der Waals surface area contributed by atoms with Crippen LogP contribution in [0.5, 0.6) is 0 Å².